The van der Waals surface area contributed by atoms with Crippen LogP contribution in [0.15, 0.2) is 24.3 Å². The van der Waals surface area contributed by atoms with Gasteiger partial charge in [0.15, 0.2) is 0 Å². The van der Waals surface area contributed by atoms with Gasteiger partial charge in [-0.15, -0.1) is 0 Å². The van der Waals surface area contributed by atoms with Gasteiger partial charge in [0.2, 0.25) is 0 Å². The minimum atomic E-state index is -0.260. The summed E-state index contributed by atoms with van der Waals surface area (Å²) in [5, 5.41) is 0.493. The molecule has 1 atom stereocenters. The molecule has 0 aliphatic rings. The highest BCUT2D eigenvalue weighted by Gasteiger charge is 2.10. The molecule has 0 aliphatic carbocycles. The lowest BCUT2D eigenvalue weighted by atomic mass is 10.1. The van der Waals surface area contributed by atoms with Crippen molar-refractivity contribution in [1.82, 2.24) is 0 Å². The van der Waals surface area contributed by atoms with Gasteiger partial charge in [-0.05, 0) is 23.6 Å². The lowest BCUT2D eigenvalue weighted by Crippen LogP contribution is -2.12. The van der Waals surface area contributed by atoms with Crippen LogP contribution in [0.25, 0.3) is 0 Å². The van der Waals surface area contributed by atoms with Gasteiger partial charge in [0, 0.05) is 11.7 Å². The molecule has 17 heavy (non-hydrogen) atoms. The summed E-state index contributed by atoms with van der Waals surface area (Å²) in [6, 6.07) is 6.13. The van der Waals surface area contributed by atoms with E-state index in [1.165, 1.54) is 12.1 Å². The van der Waals surface area contributed by atoms with Crippen molar-refractivity contribution >= 4 is 17.5 Å². The van der Waals surface area contributed by atoms with Crippen LogP contribution in [0.4, 0.5) is 4.39 Å². The minimum Gasteiger partial charge on any atom is -0.298 e. The maximum atomic E-state index is 12.7. The molecule has 1 nitrogen and oxygen atoms in total. The predicted molar refractivity (Wildman–Crippen MR) is 71.9 cm³/mol. The van der Waals surface area contributed by atoms with Crippen LogP contribution in [0.3, 0.4) is 0 Å². The quantitative estimate of drug-likeness (QED) is 0.769. The first-order valence-corrected chi connectivity index (χ1v) is 6.91. The standard InChI is InChI=1S/C14H19FOS/c1-10(2)11(3)17-9-14(16)8-12-4-6-13(15)7-5-12/h4-7,10-11H,8-9H2,1-3H3. The van der Waals surface area contributed by atoms with Crippen LogP contribution in [0, 0.1) is 11.7 Å². The number of benzene rings is 1. The molecule has 0 aromatic heterocycles. The van der Waals surface area contributed by atoms with Gasteiger partial charge in [-0.25, -0.2) is 4.39 Å². The fourth-order valence-electron chi connectivity index (χ4n) is 1.30. The average Bonchev–Trinajstić information content (AvgIpc) is 2.29. The van der Waals surface area contributed by atoms with Gasteiger partial charge in [0.05, 0.1) is 5.75 Å². The summed E-state index contributed by atoms with van der Waals surface area (Å²) in [4.78, 5) is 11.7. The van der Waals surface area contributed by atoms with Crippen LogP contribution >= 0.6 is 11.8 Å². The SMILES string of the molecule is CC(C)C(C)SCC(=O)Cc1ccc(F)cc1. The summed E-state index contributed by atoms with van der Waals surface area (Å²) in [7, 11) is 0. The Labute approximate surface area is 107 Å². The normalized spacial score (nSPS) is 12.8. The smallest absolute Gasteiger partial charge is 0.147 e. The summed E-state index contributed by atoms with van der Waals surface area (Å²) in [6.45, 7) is 6.45. The predicted octanol–water partition coefficient (Wildman–Crippen LogP) is 3.72. The Morgan fingerprint density at radius 3 is 2.35 bits per heavy atom. The summed E-state index contributed by atoms with van der Waals surface area (Å²) in [5.41, 5.74) is 0.884. The van der Waals surface area contributed by atoms with E-state index in [1.54, 1.807) is 23.9 Å². The first-order valence-electron chi connectivity index (χ1n) is 5.86. The highest BCUT2D eigenvalue weighted by molar-refractivity contribution is 8.00. The maximum Gasteiger partial charge on any atom is 0.147 e. The molecule has 0 bridgehead atoms. The molecule has 0 amide bonds. The number of thioether (sulfide) groups is 1. The molecule has 0 heterocycles. The van der Waals surface area contributed by atoms with E-state index in [1.807, 2.05) is 0 Å². The fraction of sp³-hybridized carbons (Fsp3) is 0.500. The van der Waals surface area contributed by atoms with Crippen LogP contribution in [0.2, 0.25) is 0 Å². The van der Waals surface area contributed by atoms with Crippen molar-refractivity contribution in [2.45, 2.75) is 32.4 Å². The van der Waals surface area contributed by atoms with E-state index in [2.05, 4.69) is 20.8 Å². The molecule has 0 spiro atoms. The van der Waals surface area contributed by atoms with Crippen molar-refractivity contribution in [3.8, 4) is 0 Å². The third-order valence-corrected chi connectivity index (χ3v) is 4.32. The topological polar surface area (TPSA) is 17.1 Å². The van der Waals surface area contributed by atoms with Gasteiger partial charge < -0.3 is 0 Å². The van der Waals surface area contributed by atoms with E-state index >= 15 is 0 Å². The Bertz CT molecular complexity index is 359. The zero-order chi connectivity index (χ0) is 12.8. The van der Waals surface area contributed by atoms with Gasteiger partial charge >= 0.3 is 0 Å². The van der Waals surface area contributed by atoms with Crippen molar-refractivity contribution in [2.24, 2.45) is 5.92 Å². The van der Waals surface area contributed by atoms with Gasteiger partial charge in [0.1, 0.15) is 11.6 Å². The number of hydrogen-bond acceptors (Lipinski definition) is 2. The van der Waals surface area contributed by atoms with Crippen molar-refractivity contribution in [3.05, 3.63) is 35.6 Å². The van der Waals surface area contributed by atoms with E-state index in [4.69, 9.17) is 0 Å². The van der Waals surface area contributed by atoms with Crippen LogP contribution in [0.5, 0.6) is 0 Å². The second-order valence-corrected chi connectivity index (χ2v) is 5.97. The molecule has 94 valence electrons. The van der Waals surface area contributed by atoms with E-state index < -0.39 is 0 Å². The summed E-state index contributed by atoms with van der Waals surface area (Å²) >= 11 is 1.69. The summed E-state index contributed by atoms with van der Waals surface area (Å²) in [5.74, 6) is 1.06. The molecule has 1 aromatic rings. The molecule has 0 saturated carbocycles. The molecule has 0 aliphatic heterocycles. The molecule has 0 fully saturated rings. The molecule has 3 heteroatoms. The lowest BCUT2D eigenvalue weighted by Gasteiger charge is -2.14. The molecule has 1 unspecified atom stereocenters. The van der Waals surface area contributed by atoms with Crippen LogP contribution in [0.1, 0.15) is 26.3 Å². The zero-order valence-corrected chi connectivity index (χ0v) is 11.4. The summed E-state index contributed by atoms with van der Waals surface area (Å²) in [6.07, 6.45) is 0.401. The highest BCUT2D eigenvalue weighted by atomic mass is 32.2. The maximum absolute atomic E-state index is 12.7. The number of ketones is 1. The van der Waals surface area contributed by atoms with Crippen LogP contribution < -0.4 is 0 Å². The Balaban J connectivity index is 2.37. The third-order valence-electron chi connectivity index (χ3n) is 2.76. The van der Waals surface area contributed by atoms with Crippen molar-refractivity contribution in [1.29, 1.82) is 0 Å². The number of carbonyl (C=O) groups is 1. The monoisotopic (exact) mass is 254 g/mol. The largest absolute Gasteiger partial charge is 0.298 e. The van der Waals surface area contributed by atoms with E-state index in [0.717, 1.165) is 5.56 Å². The molecule has 0 radical (unpaired) electrons. The molecule has 1 rings (SSSR count). The summed E-state index contributed by atoms with van der Waals surface area (Å²) < 4.78 is 12.7. The van der Waals surface area contributed by atoms with E-state index in [0.29, 0.717) is 23.3 Å². The number of carbonyl (C=O) groups excluding carboxylic acids is 1. The Morgan fingerprint density at radius 1 is 1.24 bits per heavy atom. The van der Waals surface area contributed by atoms with Crippen LogP contribution in [-0.2, 0) is 11.2 Å². The van der Waals surface area contributed by atoms with Crippen molar-refractivity contribution in [3.63, 3.8) is 0 Å². The number of Topliss-reactive ketones (excluding diaryl/α,β-unsaturated/α-hetero) is 1. The van der Waals surface area contributed by atoms with Gasteiger partial charge in [0.25, 0.3) is 0 Å². The molecule has 0 N–H and O–H groups in total. The first kappa shape index (κ1) is 14.2. The molecular formula is C14H19FOS. The number of rotatable bonds is 6. The zero-order valence-electron chi connectivity index (χ0n) is 10.6. The Hall–Kier alpha value is -0.830. The highest BCUT2D eigenvalue weighted by Crippen LogP contribution is 2.19. The van der Waals surface area contributed by atoms with E-state index in [-0.39, 0.29) is 11.6 Å². The second kappa shape index (κ2) is 6.80. The lowest BCUT2D eigenvalue weighted by molar-refractivity contribution is -0.116. The average molecular weight is 254 g/mol. The fourth-order valence-corrected chi connectivity index (χ4v) is 2.23. The van der Waals surface area contributed by atoms with Crippen molar-refractivity contribution in [2.75, 3.05) is 5.75 Å². The number of hydrogen-bond donors (Lipinski definition) is 0. The van der Waals surface area contributed by atoms with Crippen molar-refractivity contribution < 1.29 is 9.18 Å². The third kappa shape index (κ3) is 5.35. The Morgan fingerprint density at radius 2 is 1.82 bits per heavy atom. The second-order valence-electron chi connectivity index (χ2n) is 4.60. The first-order chi connectivity index (χ1) is 7.99. The van der Waals surface area contributed by atoms with Crippen LogP contribution in [-0.4, -0.2) is 16.8 Å². The molecule has 1 aromatic carbocycles. The minimum absolute atomic E-state index is 0.203. The molecule has 0 saturated heterocycles. The molecular weight excluding hydrogens is 235 g/mol. The number of halogens is 1. The van der Waals surface area contributed by atoms with Gasteiger partial charge in [-0.1, -0.05) is 32.9 Å². The van der Waals surface area contributed by atoms with Gasteiger partial charge in [-0.3, -0.25) is 4.79 Å². The Kier molecular flexibility index (Phi) is 5.69. The van der Waals surface area contributed by atoms with E-state index in [9.17, 15) is 9.18 Å². The van der Waals surface area contributed by atoms with Gasteiger partial charge in [-0.2, -0.15) is 11.8 Å².